The molecule has 1 heterocycles. The van der Waals surface area contributed by atoms with E-state index in [1.807, 2.05) is 12.1 Å². The predicted octanol–water partition coefficient (Wildman–Crippen LogP) is 1.05. The van der Waals surface area contributed by atoms with Gasteiger partial charge in [0.2, 0.25) is 0 Å². The molecule has 3 heteroatoms. The summed E-state index contributed by atoms with van der Waals surface area (Å²) < 4.78 is 0. The third-order valence-electron chi connectivity index (χ3n) is 0.881. The molecule has 0 radical (unpaired) electrons. The molecule has 0 aromatic carbocycles. The molecule has 0 aliphatic carbocycles. The van der Waals surface area contributed by atoms with Crippen molar-refractivity contribution in [2.75, 3.05) is 12.6 Å². The molecule has 0 saturated carbocycles. The molecule has 1 N–H and O–H groups in total. The lowest BCUT2D eigenvalue weighted by atomic mass is 10.4. The van der Waals surface area contributed by atoms with Gasteiger partial charge in [-0.2, -0.15) is 0 Å². The maximum atomic E-state index is 4.64. The van der Waals surface area contributed by atoms with Gasteiger partial charge in [0.25, 0.3) is 0 Å². The normalized spacial score (nSPS) is 9.00. The van der Waals surface area contributed by atoms with Crippen molar-refractivity contribution in [2.45, 2.75) is 0 Å². The summed E-state index contributed by atoms with van der Waals surface area (Å²) >= 11 is 0. The number of nitrogens with one attached hydrogen (secondary N) is 1. The van der Waals surface area contributed by atoms with E-state index in [0.717, 1.165) is 5.69 Å². The van der Waals surface area contributed by atoms with Gasteiger partial charge < -0.3 is 0 Å². The molecular formula is C6H8N2O. The molecule has 0 saturated heterocycles. The first-order valence-corrected chi connectivity index (χ1v) is 2.62. The van der Waals surface area contributed by atoms with Gasteiger partial charge in [-0.3, -0.25) is 15.3 Å². The van der Waals surface area contributed by atoms with Crippen LogP contribution in [0.4, 0.5) is 5.69 Å². The number of hydrogen-bond donors (Lipinski definition) is 1. The molecule has 0 amide bonds. The molecule has 0 atom stereocenters. The van der Waals surface area contributed by atoms with Crippen molar-refractivity contribution < 1.29 is 4.84 Å². The van der Waals surface area contributed by atoms with Crippen LogP contribution in [0.25, 0.3) is 0 Å². The second-order valence-corrected chi connectivity index (χ2v) is 1.55. The van der Waals surface area contributed by atoms with E-state index in [0.29, 0.717) is 0 Å². The molecule has 1 rings (SSSR count). The number of rotatable bonds is 2. The first-order chi connectivity index (χ1) is 4.43. The van der Waals surface area contributed by atoms with E-state index in [1.165, 1.54) is 0 Å². The highest BCUT2D eigenvalue weighted by molar-refractivity contribution is 5.36. The predicted molar refractivity (Wildman–Crippen MR) is 34.9 cm³/mol. The van der Waals surface area contributed by atoms with Crippen molar-refractivity contribution in [3.05, 3.63) is 24.5 Å². The second kappa shape index (κ2) is 3.04. The lowest BCUT2D eigenvalue weighted by Gasteiger charge is -1.98. The summed E-state index contributed by atoms with van der Waals surface area (Å²) in [4.78, 5) is 8.50. The summed E-state index contributed by atoms with van der Waals surface area (Å²) in [6.45, 7) is 0. The molecule has 48 valence electrons. The van der Waals surface area contributed by atoms with Gasteiger partial charge in [0.15, 0.2) is 0 Å². The Labute approximate surface area is 53.6 Å². The molecular weight excluding hydrogens is 116 g/mol. The largest absolute Gasteiger partial charge is 0.279 e. The van der Waals surface area contributed by atoms with Crippen molar-refractivity contribution in [3.8, 4) is 0 Å². The first-order valence-electron chi connectivity index (χ1n) is 2.62. The van der Waals surface area contributed by atoms with Crippen LogP contribution in [0.3, 0.4) is 0 Å². The van der Waals surface area contributed by atoms with E-state index < -0.39 is 0 Å². The van der Waals surface area contributed by atoms with Gasteiger partial charge in [-0.15, -0.1) is 0 Å². The van der Waals surface area contributed by atoms with Crippen LogP contribution in [0, 0.1) is 0 Å². The maximum absolute atomic E-state index is 4.64. The fourth-order valence-corrected chi connectivity index (χ4v) is 0.541. The van der Waals surface area contributed by atoms with Gasteiger partial charge in [0, 0.05) is 6.20 Å². The monoisotopic (exact) mass is 124 g/mol. The van der Waals surface area contributed by atoms with E-state index in [9.17, 15) is 0 Å². The van der Waals surface area contributed by atoms with E-state index in [-0.39, 0.29) is 0 Å². The topological polar surface area (TPSA) is 34.1 Å². The molecule has 0 spiro atoms. The molecule has 0 unspecified atom stereocenters. The Balaban J connectivity index is 2.61. The van der Waals surface area contributed by atoms with Crippen molar-refractivity contribution in [3.63, 3.8) is 0 Å². The smallest absolute Gasteiger partial charge is 0.0787 e. The lowest BCUT2D eigenvalue weighted by molar-refractivity contribution is 0.271. The Morgan fingerprint density at radius 2 is 2.56 bits per heavy atom. The zero-order chi connectivity index (χ0) is 6.53. The number of hydrogen-bond acceptors (Lipinski definition) is 3. The third-order valence-corrected chi connectivity index (χ3v) is 0.881. The Hall–Kier alpha value is -1.09. The van der Waals surface area contributed by atoms with Crippen LogP contribution < -0.4 is 5.48 Å². The minimum absolute atomic E-state index is 0.861. The molecule has 0 aliphatic heterocycles. The summed E-state index contributed by atoms with van der Waals surface area (Å²) in [5.74, 6) is 0. The Bertz CT molecular complexity index is 164. The zero-order valence-electron chi connectivity index (χ0n) is 5.16. The minimum Gasteiger partial charge on any atom is -0.279 e. The summed E-state index contributed by atoms with van der Waals surface area (Å²) in [6, 6.07) is 3.71. The summed E-state index contributed by atoms with van der Waals surface area (Å²) in [6.07, 6.45) is 3.39. The van der Waals surface area contributed by atoms with Crippen LogP contribution in [0.15, 0.2) is 24.5 Å². The summed E-state index contributed by atoms with van der Waals surface area (Å²) in [5.41, 5.74) is 3.51. The highest BCUT2D eigenvalue weighted by atomic mass is 16.6. The highest BCUT2D eigenvalue weighted by Gasteiger charge is 1.83. The number of anilines is 1. The van der Waals surface area contributed by atoms with Gasteiger partial charge in [0.05, 0.1) is 19.0 Å². The van der Waals surface area contributed by atoms with Crippen LogP contribution in [0.2, 0.25) is 0 Å². The first kappa shape index (κ1) is 6.04. The fourth-order valence-electron chi connectivity index (χ4n) is 0.541. The third kappa shape index (κ3) is 1.70. The molecule has 0 fully saturated rings. The van der Waals surface area contributed by atoms with Crippen LogP contribution in [-0.4, -0.2) is 12.1 Å². The SMILES string of the molecule is CONc1cccnc1. The van der Waals surface area contributed by atoms with Crippen LogP contribution >= 0.6 is 0 Å². The Morgan fingerprint density at radius 3 is 3.11 bits per heavy atom. The quantitative estimate of drug-likeness (QED) is 0.598. The number of aromatic nitrogens is 1. The van der Waals surface area contributed by atoms with Crippen LogP contribution in [-0.2, 0) is 4.84 Å². The van der Waals surface area contributed by atoms with Crippen molar-refractivity contribution in [1.29, 1.82) is 0 Å². The summed E-state index contributed by atoms with van der Waals surface area (Å²) in [7, 11) is 1.56. The molecule has 3 nitrogen and oxygen atoms in total. The van der Waals surface area contributed by atoms with Gasteiger partial charge in [0.1, 0.15) is 0 Å². The zero-order valence-corrected chi connectivity index (χ0v) is 5.16. The number of pyridine rings is 1. The molecule has 9 heavy (non-hydrogen) atoms. The van der Waals surface area contributed by atoms with Crippen LogP contribution in [0.5, 0.6) is 0 Å². The molecule has 1 aromatic heterocycles. The van der Waals surface area contributed by atoms with Crippen LogP contribution in [0.1, 0.15) is 0 Å². The minimum atomic E-state index is 0.861. The van der Waals surface area contributed by atoms with E-state index in [1.54, 1.807) is 19.5 Å². The average Bonchev–Trinajstić information content (AvgIpc) is 1.91. The van der Waals surface area contributed by atoms with Gasteiger partial charge >= 0.3 is 0 Å². The second-order valence-electron chi connectivity index (χ2n) is 1.55. The molecule has 0 aliphatic rings. The van der Waals surface area contributed by atoms with Gasteiger partial charge in [-0.1, -0.05) is 0 Å². The fraction of sp³-hybridized carbons (Fsp3) is 0.167. The Kier molecular flexibility index (Phi) is 2.04. The van der Waals surface area contributed by atoms with E-state index >= 15 is 0 Å². The lowest BCUT2D eigenvalue weighted by Crippen LogP contribution is -1.94. The average molecular weight is 124 g/mol. The highest BCUT2D eigenvalue weighted by Crippen LogP contribution is 2.00. The van der Waals surface area contributed by atoms with Crippen molar-refractivity contribution in [1.82, 2.24) is 4.98 Å². The standard InChI is InChI=1S/C6H8N2O/c1-9-8-6-3-2-4-7-5-6/h2-5,8H,1H3. The Morgan fingerprint density at radius 1 is 1.67 bits per heavy atom. The van der Waals surface area contributed by atoms with Crippen molar-refractivity contribution in [2.24, 2.45) is 0 Å². The molecule has 0 bridgehead atoms. The maximum Gasteiger partial charge on any atom is 0.0787 e. The number of nitrogens with zero attached hydrogens (tertiary/aromatic N) is 1. The van der Waals surface area contributed by atoms with Gasteiger partial charge in [-0.25, -0.2) is 0 Å². The van der Waals surface area contributed by atoms with Gasteiger partial charge in [-0.05, 0) is 12.1 Å². The van der Waals surface area contributed by atoms with E-state index in [4.69, 9.17) is 0 Å². The van der Waals surface area contributed by atoms with E-state index in [2.05, 4.69) is 15.3 Å². The molecule has 1 aromatic rings. The van der Waals surface area contributed by atoms with Crippen molar-refractivity contribution >= 4 is 5.69 Å². The summed E-state index contributed by atoms with van der Waals surface area (Å²) in [5, 5.41) is 0.